The Balaban J connectivity index is 2.65. The molecule has 0 aliphatic carbocycles. The number of rotatable bonds is 7. The minimum atomic E-state index is 1.37. The van der Waals surface area contributed by atoms with Crippen molar-refractivity contribution in [1.29, 1.82) is 0 Å². The van der Waals surface area contributed by atoms with Crippen LogP contribution in [0.2, 0.25) is 13.0 Å². The highest BCUT2D eigenvalue weighted by Gasteiger charge is 1.95. The summed E-state index contributed by atoms with van der Waals surface area (Å²) >= 11 is 0. The molecule has 0 N–H and O–H groups in total. The van der Waals surface area contributed by atoms with E-state index in [1.54, 1.807) is 0 Å². The molecule has 0 aromatic heterocycles. The van der Waals surface area contributed by atoms with E-state index in [4.69, 9.17) is 0 Å². The van der Waals surface area contributed by atoms with E-state index in [1.165, 1.54) is 56.0 Å². The first-order chi connectivity index (χ1) is 4.91. The fourth-order valence-corrected chi connectivity index (χ4v) is 1.21. The summed E-state index contributed by atoms with van der Waals surface area (Å²) in [5.41, 5.74) is 0. The molecule has 0 bridgehead atoms. The molecule has 0 heterocycles. The average molecular weight is 125 g/mol. The van der Waals surface area contributed by atoms with Crippen molar-refractivity contribution < 1.29 is 0 Å². The molecule has 0 atom stereocenters. The maximum atomic E-state index is 2.27. The summed E-state index contributed by atoms with van der Waals surface area (Å²) in [5, 5.41) is 0. The summed E-state index contributed by atoms with van der Waals surface area (Å²) in [6, 6.07) is 0. The van der Waals surface area contributed by atoms with Gasteiger partial charge in [-0.15, -0.1) is 6.22 Å². The minimum Gasteiger partial charge on any atom is -0.115 e. The summed E-state index contributed by atoms with van der Waals surface area (Å²) in [4.78, 5) is 0. The van der Waals surface area contributed by atoms with Gasteiger partial charge in [0.15, 0.2) is 0 Å². The summed E-state index contributed by atoms with van der Waals surface area (Å²) in [6.45, 7) is 2.27. The Morgan fingerprint density at radius 1 is 1.10 bits per heavy atom. The summed E-state index contributed by atoms with van der Waals surface area (Å²) < 4.78 is 0. The van der Waals surface area contributed by atoms with E-state index in [0.29, 0.717) is 0 Å². The van der Waals surface area contributed by atoms with E-state index < -0.39 is 0 Å². The molecule has 0 rings (SSSR count). The summed E-state index contributed by atoms with van der Waals surface area (Å²) in [6.07, 6.45) is 1.46. The van der Waals surface area contributed by atoms with E-state index in [0.717, 1.165) is 0 Å². The van der Waals surface area contributed by atoms with Gasteiger partial charge in [-0.05, 0) is 0 Å². The quantitative estimate of drug-likeness (QED) is 0.238. The van der Waals surface area contributed by atoms with E-state index in [2.05, 4.69) is 14.6 Å². The zero-order chi connectivity index (χ0) is 7.66. The van der Waals surface area contributed by atoms with Crippen molar-refractivity contribution in [3.8, 4) is 0 Å². The number of hydrogen-bond donors (Lipinski definition) is 0. The van der Waals surface area contributed by atoms with Crippen molar-refractivity contribution in [2.75, 3.05) is 0 Å². The highest BCUT2D eigenvalue weighted by molar-refractivity contribution is 7.53. The second kappa shape index (κ2) is 9.52. The third-order valence-corrected chi connectivity index (χ3v) is 1.96. The first kappa shape index (κ1) is 10.5. The molecular weight excluding hydrogens is 111 g/mol. The molecule has 0 aliphatic rings. The first-order valence-electron chi connectivity index (χ1n) is 4.91. The summed E-state index contributed by atoms with van der Waals surface area (Å²) in [5.74, 6) is 0. The van der Waals surface area contributed by atoms with Crippen LogP contribution < -0.4 is 0 Å². The Morgan fingerprint density at radius 2 is 1.90 bits per heavy atom. The number of hydrogen-bond acceptors (Lipinski definition) is 0. The SMILES string of the molecule is BBBCBBBBBC. The molecule has 0 nitrogen and oxygen atoms in total. The van der Waals surface area contributed by atoms with Crippen LogP contribution >= 0.6 is 0 Å². The normalized spacial score (nSPS) is 7.30. The van der Waals surface area contributed by atoms with Gasteiger partial charge in [-0.3, -0.25) is 0 Å². The predicted octanol–water partition coefficient (Wildman–Crippen LogP) is -4.41. The van der Waals surface area contributed by atoms with Crippen molar-refractivity contribution in [3.05, 3.63) is 0 Å². The maximum absolute atomic E-state index is 2.27. The standard InChI is InChI=1S/C2H14B8/c1-4-8-10-9-6-2-5-7-3/h4-10H,2-3H2,1H3. The van der Waals surface area contributed by atoms with E-state index in [9.17, 15) is 0 Å². The van der Waals surface area contributed by atoms with Crippen molar-refractivity contribution in [3.63, 3.8) is 0 Å². The van der Waals surface area contributed by atoms with Crippen LogP contribution in [0.25, 0.3) is 0 Å². The topological polar surface area (TPSA) is 0 Å². The Labute approximate surface area is 71.1 Å². The first-order valence-corrected chi connectivity index (χ1v) is 4.91. The second-order valence-corrected chi connectivity index (χ2v) is 3.12. The molecule has 0 saturated carbocycles. The fourth-order valence-electron chi connectivity index (χ4n) is 1.21. The zero-order valence-corrected chi connectivity index (χ0v) is 7.66. The monoisotopic (exact) mass is 126 g/mol. The minimum absolute atomic E-state index is 1.37. The van der Waals surface area contributed by atoms with E-state index in [-0.39, 0.29) is 0 Å². The third kappa shape index (κ3) is 8.52. The van der Waals surface area contributed by atoms with Gasteiger partial charge in [-0.25, -0.2) is 0 Å². The Bertz CT molecular complexity index is 47.2. The molecule has 0 amide bonds. The maximum Gasteiger partial charge on any atom is 0.0738 e. The third-order valence-electron chi connectivity index (χ3n) is 1.96. The molecule has 0 aromatic carbocycles. The van der Waals surface area contributed by atoms with Gasteiger partial charge < -0.3 is 0 Å². The molecule has 8 heteroatoms. The highest BCUT2D eigenvalue weighted by Crippen LogP contribution is 1.69. The molecule has 0 aromatic rings. The van der Waals surface area contributed by atoms with Gasteiger partial charge in [0.1, 0.15) is 0 Å². The molecule has 10 heavy (non-hydrogen) atoms. The summed E-state index contributed by atoms with van der Waals surface area (Å²) in [7, 11) is 12.3. The lowest BCUT2D eigenvalue weighted by atomic mass is 9.00. The van der Waals surface area contributed by atoms with Crippen LogP contribution in [-0.2, 0) is 0 Å². The largest absolute Gasteiger partial charge is 0.115 e. The van der Waals surface area contributed by atoms with Gasteiger partial charge in [-0.2, -0.15) is 0 Å². The van der Waals surface area contributed by atoms with E-state index in [1.807, 2.05) is 0 Å². The Hall–Kier alpha value is 0.519. The second-order valence-electron chi connectivity index (χ2n) is 3.12. The van der Waals surface area contributed by atoms with Gasteiger partial charge in [0.05, 0.1) is 36.3 Å². The smallest absolute Gasteiger partial charge is 0.0738 e. The van der Waals surface area contributed by atoms with Crippen LogP contribution in [0.3, 0.4) is 0 Å². The molecule has 0 unspecified atom stereocenters. The molecule has 0 fully saturated rings. The molecule has 0 saturated heterocycles. The predicted molar refractivity (Wildman–Crippen MR) is 69.3 cm³/mol. The van der Waals surface area contributed by atoms with Crippen LogP contribution in [0.4, 0.5) is 0 Å². The zero-order valence-electron chi connectivity index (χ0n) is 7.66. The van der Waals surface area contributed by atoms with Gasteiger partial charge in [0.25, 0.3) is 0 Å². The van der Waals surface area contributed by atoms with Crippen molar-refractivity contribution in [1.82, 2.24) is 0 Å². The molecule has 0 spiro atoms. The van der Waals surface area contributed by atoms with Crippen molar-refractivity contribution in [2.24, 2.45) is 0 Å². The van der Waals surface area contributed by atoms with Crippen LogP contribution in [-0.4, -0.2) is 57.5 Å². The van der Waals surface area contributed by atoms with Gasteiger partial charge in [-0.1, -0.05) is 6.82 Å². The van der Waals surface area contributed by atoms with Crippen molar-refractivity contribution in [2.45, 2.75) is 13.0 Å². The van der Waals surface area contributed by atoms with Crippen LogP contribution in [0, 0.1) is 0 Å². The molecular formula is C2H14B8. The van der Waals surface area contributed by atoms with Crippen LogP contribution in [0.15, 0.2) is 0 Å². The van der Waals surface area contributed by atoms with Gasteiger partial charge >= 0.3 is 0 Å². The Kier molecular flexibility index (Phi) is 10.0. The van der Waals surface area contributed by atoms with Crippen molar-refractivity contribution >= 4 is 57.5 Å². The molecule has 0 aliphatic heterocycles. The Morgan fingerprint density at radius 3 is 2.50 bits per heavy atom. The van der Waals surface area contributed by atoms with Crippen LogP contribution in [0.5, 0.6) is 0 Å². The van der Waals surface area contributed by atoms with Gasteiger partial charge in [0.2, 0.25) is 0 Å². The van der Waals surface area contributed by atoms with Crippen LogP contribution in [0.1, 0.15) is 0 Å². The lowest BCUT2D eigenvalue weighted by Crippen LogP contribution is -2.23. The molecule has 46 valence electrons. The fraction of sp³-hybridized carbons (Fsp3) is 1.00. The van der Waals surface area contributed by atoms with E-state index >= 15 is 0 Å². The molecule has 0 radical (unpaired) electrons. The lowest BCUT2D eigenvalue weighted by molar-refractivity contribution is 2.10. The highest BCUT2D eigenvalue weighted by atomic mass is 13.1. The lowest BCUT2D eigenvalue weighted by Gasteiger charge is -1.89. The average Bonchev–Trinajstić information content (AvgIpc) is 1.97. The van der Waals surface area contributed by atoms with Gasteiger partial charge in [0, 0.05) is 21.2 Å².